The minimum absolute atomic E-state index is 0.0465. The molecule has 1 fully saturated rings. The average molecular weight is 331 g/mol. The highest BCUT2D eigenvalue weighted by Crippen LogP contribution is 2.39. The Labute approximate surface area is 138 Å². The second kappa shape index (κ2) is 6.24. The fourth-order valence-electron chi connectivity index (χ4n) is 3.18. The van der Waals surface area contributed by atoms with Crippen LogP contribution in [0, 0.1) is 5.82 Å². The van der Waals surface area contributed by atoms with Crippen molar-refractivity contribution in [1.29, 1.82) is 0 Å². The Bertz CT molecular complexity index is 747. The molecule has 1 saturated carbocycles. The third kappa shape index (κ3) is 3.20. The lowest BCUT2D eigenvalue weighted by Crippen LogP contribution is -2.43. The zero-order valence-electron chi connectivity index (χ0n) is 12.9. The third-order valence-corrected chi connectivity index (χ3v) is 5.43. The predicted octanol–water partition coefficient (Wildman–Crippen LogP) is 4.29. The molecule has 1 aliphatic rings. The normalized spacial score (nSPS) is 16.3. The van der Waals surface area contributed by atoms with Crippen LogP contribution in [-0.4, -0.2) is 11.7 Å². The van der Waals surface area contributed by atoms with Gasteiger partial charge >= 0.3 is 0 Å². The van der Waals surface area contributed by atoms with E-state index in [4.69, 9.17) is 0 Å². The number of hydrogen-bond acceptors (Lipinski definition) is 3. The molecule has 0 spiro atoms. The standard InChI is InChI=1S/C18H18FNO2S/c1-12(21)16-9-13(11-23-16)17(22)20-18(7-2-3-8-18)14-5-4-6-15(19)10-14/h4-6,9-11H,2-3,7-8H2,1H3,(H,20,22). The first-order chi connectivity index (χ1) is 11.0. The Kier molecular flexibility index (Phi) is 4.31. The lowest BCUT2D eigenvalue weighted by Gasteiger charge is -2.31. The molecule has 0 bridgehead atoms. The topological polar surface area (TPSA) is 46.2 Å². The Morgan fingerprint density at radius 2 is 1.96 bits per heavy atom. The van der Waals surface area contributed by atoms with E-state index in [0.717, 1.165) is 31.2 Å². The Balaban J connectivity index is 1.87. The summed E-state index contributed by atoms with van der Waals surface area (Å²) in [5, 5.41) is 4.79. The number of carbonyl (C=O) groups is 2. The van der Waals surface area contributed by atoms with Crippen LogP contribution in [0.1, 0.15) is 58.2 Å². The SMILES string of the molecule is CC(=O)c1cc(C(=O)NC2(c3cccc(F)c3)CCCC2)cs1. The first-order valence-electron chi connectivity index (χ1n) is 7.68. The Morgan fingerprint density at radius 3 is 2.57 bits per heavy atom. The molecule has 1 heterocycles. The molecule has 5 heteroatoms. The molecule has 23 heavy (non-hydrogen) atoms. The maximum Gasteiger partial charge on any atom is 0.252 e. The van der Waals surface area contributed by atoms with Crippen molar-refractivity contribution in [2.75, 3.05) is 0 Å². The highest BCUT2D eigenvalue weighted by Gasteiger charge is 2.37. The van der Waals surface area contributed by atoms with Gasteiger partial charge in [-0.25, -0.2) is 4.39 Å². The van der Waals surface area contributed by atoms with Crippen LogP contribution in [0.3, 0.4) is 0 Å². The van der Waals surface area contributed by atoms with Crippen LogP contribution < -0.4 is 5.32 Å². The average Bonchev–Trinajstić information content (AvgIpc) is 3.17. The highest BCUT2D eigenvalue weighted by atomic mass is 32.1. The summed E-state index contributed by atoms with van der Waals surface area (Å²) in [6.45, 7) is 1.48. The van der Waals surface area contributed by atoms with Gasteiger partial charge in [0, 0.05) is 5.38 Å². The van der Waals surface area contributed by atoms with Gasteiger partial charge in [0.15, 0.2) is 5.78 Å². The summed E-state index contributed by atoms with van der Waals surface area (Å²) in [6, 6.07) is 8.07. The van der Waals surface area contributed by atoms with Gasteiger partial charge < -0.3 is 5.32 Å². The van der Waals surface area contributed by atoms with E-state index in [0.29, 0.717) is 10.4 Å². The van der Waals surface area contributed by atoms with Gasteiger partial charge in [-0.05, 0) is 43.5 Å². The van der Waals surface area contributed by atoms with E-state index >= 15 is 0 Å². The van der Waals surface area contributed by atoms with Crippen LogP contribution in [-0.2, 0) is 5.54 Å². The smallest absolute Gasteiger partial charge is 0.252 e. The number of amides is 1. The molecular weight excluding hydrogens is 313 g/mol. The summed E-state index contributed by atoms with van der Waals surface area (Å²) in [4.78, 5) is 24.5. The highest BCUT2D eigenvalue weighted by molar-refractivity contribution is 7.12. The molecule has 0 radical (unpaired) electrons. The summed E-state index contributed by atoms with van der Waals surface area (Å²) in [5.41, 5.74) is 0.783. The number of ketones is 1. The molecule has 1 aromatic carbocycles. The van der Waals surface area contributed by atoms with E-state index in [1.54, 1.807) is 17.5 Å². The van der Waals surface area contributed by atoms with Crippen LogP contribution in [0.25, 0.3) is 0 Å². The van der Waals surface area contributed by atoms with Gasteiger partial charge in [-0.3, -0.25) is 9.59 Å². The van der Waals surface area contributed by atoms with E-state index in [2.05, 4.69) is 5.32 Å². The number of nitrogens with one attached hydrogen (secondary N) is 1. The minimum Gasteiger partial charge on any atom is -0.342 e. The number of rotatable bonds is 4. The molecule has 3 nitrogen and oxygen atoms in total. The van der Waals surface area contributed by atoms with Crippen LogP contribution in [0.4, 0.5) is 4.39 Å². The zero-order valence-corrected chi connectivity index (χ0v) is 13.7. The second-order valence-corrected chi connectivity index (χ2v) is 6.92. The van der Waals surface area contributed by atoms with Gasteiger partial charge in [0.2, 0.25) is 0 Å². The van der Waals surface area contributed by atoms with Crippen molar-refractivity contribution in [1.82, 2.24) is 5.32 Å². The predicted molar refractivity (Wildman–Crippen MR) is 88.3 cm³/mol. The van der Waals surface area contributed by atoms with E-state index in [1.165, 1.54) is 30.4 Å². The molecule has 1 aromatic heterocycles. The largest absolute Gasteiger partial charge is 0.342 e. The fraction of sp³-hybridized carbons (Fsp3) is 0.333. The van der Waals surface area contributed by atoms with E-state index in [-0.39, 0.29) is 17.5 Å². The van der Waals surface area contributed by atoms with Crippen molar-refractivity contribution in [3.8, 4) is 0 Å². The van der Waals surface area contributed by atoms with Gasteiger partial charge in [-0.2, -0.15) is 0 Å². The van der Waals surface area contributed by atoms with Gasteiger partial charge in [-0.1, -0.05) is 25.0 Å². The lowest BCUT2D eigenvalue weighted by molar-refractivity contribution is 0.0898. The van der Waals surface area contributed by atoms with Crippen molar-refractivity contribution in [2.24, 2.45) is 0 Å². The number of thiophene rings is 1. The Hall–Kier alpha value is -2.01. The number of hydrogen-bond donors (Lipinski definition) is 1. The molecule has 0 unspecified atom stereocenters. The summed E-state index contributed by atoms with van der Waals surface area (Å²) < 4.78 is 13.6. The van der Waals surface area contributed by atoms with Gasteiger partial charge in [0.05, 0.1) is 16.0 Å². The molecule has 0 aliphatic heterocycles. The van der Waals surface area contributed by atoms with E-state index in [1.807, 2.05) is 6.07 Å². The third-order valence-electron chi connectivity index (χ3n) is 4.40. The molecule has 0 saturated heterocycles. The number of benzene rings is 1. The number of Topliss-reactive ketones (excluding diaryl/α,β-unsaturated/α-hetero) is 1. The first kappa shape index (κ1) is 15.9. The van der Waals surface area contributed by atoms with Gasteiger partial charge in [-0.15, -0.1) is 11.3 Å². The molecule has 1 N–H and O–H groups in total. The summed E-state index contributed by atoms with van der Waals surface area (Å²) in [7, 11) is 0. The van der Waals surface area contributed by atoms with Gasteiger partial charge in [0.1, 0.15) is 5.82 Å². The molecule has 120 valence electrons. The summed E-state index contributed by atoms with van der Waals surface area (Å²) >= 11 is 1.27. The van der Waals surface area contributed by atoms with Crippen molar-refractivity contribution in [3.05, 3.63) is 57.5 Å². The molecular formula is C18H18FNO2S. The minimum atomic E-state index is -0.516. The maximum absolute atomic E-state index is 13.6. The van der Waals surface area contributed by atoms with Crippen molar-refractivity contribution in [3.63, 3.8) is 0 Å². The molecule has 0 atom stereocenters. The fourth-order valence-corrected chi connectivity index (χ4v) is 3.97. The maximum atomic E-state index is 13.6. The van der Waals surface area contributed by atoms with Crippen molar-refractivity contribution in [2.45, 2.75) is 38.1 Å². The monoisotopic (exact) mass is 331 g/mol. The summed E-state index contributed by atoms with van der Waals surface area (Å²) in [5.74, 6) is -0.549. The zero-order chi connectivity index (χ0) is 16.4. The van der Waals surface area contributed by atoms with Crippen molar-refractivity contribution >= 4 is 23.0 Å². The van der Waals surface area contributed by atoms with E-state index < -0.39 is 5.54 Å². The van der Waals surface area contributed by atoms with Gasteiger partial charge in [0.25, 0.3) is 5.91 Å². The molecule has 1 amide bonds. The molecule has 2 aromatic rings. The lowest BCUT2D eigenvalue weighted by atomic mass is 9.87. The summed E-state index contributed by atoms with van der Waals surface area (Å²) in [6.07, 6.45) is 3.59. The molecule has 1 aliphatic carbocycles. The molecule has 3 rings (SSSR count). The second-order valence-electron chi connectivity index (χ2n) is 6.01. The first-order valence-corrected chi connectivity index (χ1v) is 8.56. The van der Waals surface area contributed by atoms with Crippen LogP contribution >= 0.6 is 11.3 Å². The number of halogens is 1. The van der Waals surface area contributed by atoms with Crippen LogP contribution in [0.2, 0.25) is 0 Å². The number of carbonyl (C=O) groups excluding carboxylic acids is 2. The quantitative estimate of drug-likeness (QED) is 0.850. The van der Waals surface area contributed by atoms with E-state index in [9.17, 15) is 14.0 Å². The van der Waals surface area contributed by atoms with Crippen LogP contribution in [0.5, 0.6) is 0 Å². The van der Waals surface area contributed by atoms with Crippen LogP contribution in [0.15, 0.2) is 35.7 Å². The Morgan fingerprint density at radius 1 is 1.22 bits per heavy atom. The van der Waals surface area contributed by atoms with Crippen molar-refractivity contribution < 1.29 is 14.0 Å².